The predicted octanol–water partition coefficient (Wildman–Crippen LogP) is 3.07. The number of rotatable bonds is 1. The van der Waals surface area contributed by atoms with Crippen LogP contribution in [0.2, 0.25) is 0 Å². The Bertz CT molecular complexity index is 716. The van der Waals surface area contributed by atoms with E-state index in [4.69, 9.17) is 4.74 Å². The lowest BCUT2D eigenvalue weighted by molar-refractivity contribution is -0.214. The van der Waals surface area contributed by atoms with Gasteiger partial charge in [-0.3, -0.25) is 9.59 Å². The second kappa shape index (κ2) is 5.93. The van der Waals surface area contributed by atoms with E-state index in [2.05, 4.69) is 5.32 Å². The van der Waals surface area contributed by atoms with Gasteiger partial charge in [0.2, 0.25) is 0 Å². The molecule has 2 heterocycles. The minimum atomic E-state index is -4.27. The maximum Gasteiger partial charge on any atom is 0.392 e. The van der Waals surface area contributed by atoms with Crippen molar-refractivity contribution in [3.05, 3.63) is 23.8 Å². The standard InChI is InChI=1S/C17H19F3N2O3/c1-16(2)9-22(6-5-13(16)17(18,19)20)15(24)10-3-4-11-12(7-10)25-8-14(23)21-11/h3-4,7,13H,5-6,8-9H2,1-2H3,(H,21,23)/t13-/m1/s1. The Morgan fingerprint density at radius 3 is 2.72 bits per heavy atom. The zero-order valence-electron chi connectivity index (χ0n) is 13.9. The lowest BCUT2D eigenvalue weighted by atomic mass is 9.73. The number of amides is 2. The third kappa shape index (κ3) is 3.43. The van der Waals surface area contributed by atoms with Gasteiger partial charge < -0.3 is 15.0 Å². The lowest BCUT2D eigenvalue weighted by Crippen LogP contribution is -2.52. The number of nitrogens with one attached hydrogen (secondary N) is 1. The molecule has 1 aromatic carbocycles. The van der Waals surface area contributed by atoms with Crippen LogP contribution in [0.25, 0.3) is 0 Å². The van der Waals surface area contributed by atoms with Crippen LogP contribution in [0, 0.1) is 11.3 Å². The van der Waals surface area contributed by atoms with Crippen LogP contribution in [-0.4, -0.2) is 42.6 Å². The summed E-state index contributed by atoms with van der Waals surface area (Å²) in [5.74, 6) is -1.65. The fourth-order valence-corrected chi connectivity index (χ4v) is 3.53. The molecule has 1 aromatic rings. The first-order valence-corrected chi connectivity index (χ1v) is 8.00. The van der Waals surface area contributed by atoms with Crippen LogP contribution in [0.1, 0.15) is 30.6 Å². The lowest BCUT2D eigenvalue weighted by Gasteiger charge is -2.44. The van der Waals surface area contributed by atoms with Gasteiger partial charge in [-0.15, -0.1) is 0 Å². The molecule has 1 atom stereocenters. The van der Waals surface area contributed by atoms with Crippen LogP contribution in [-0.2, 0) is 4.79 Å². The molecule has 0 unspecified atom stereocenters. The van der Waals surface area contributed by atoms with Crippen LogP contribution >= 0.6 is 0 Å². The number of fused-ring (bicyclic) bond motifs is 1. The number of likely N-dealkylation sites (tertiary alicyclic amines) is 1. The molecule has 1 fully saturated rings. The van der Waals surface area contributed by atoms with Crippen molar-refractivity contribution in [1.29, 1.82) is 0 Å². The summed E-state index contributed by atoms with van der Waals surface area (Å²) in [4.78, 5) is 25.4. The number of alkyl halides is 3. The third-order valence-electron chi connectivity index (χ3n) is 4.77. The highest BCUT2D eigenvalue weighted by molar-refractivity contribution is 5.99. The number of ether oxygens (including phenoxy) is 1. The van der Waals surface area contributed by atoms with Crippen LogP contribution in [0.15, 0.2) is 18.2 Å². The minimum absolute atomic E-state index is 0.0324. The predicted molar refractivity (Wildman–Crippen MR) is 84.4 cm³/mol. The van der Waals surface area contributed by atoms with Crippen molar-refractivity contribution in [2.45, 2.75) is 26.4 Å². The van der Waals surface area contributed by atoms with E-state index in [0.29, 0.717) is 17.0 Å². The van der Waals surface area contributed by atoms with E-state index in [-0.39, 0.29) is 37.9 Å². The average molecular weight is 356 g/mol. The van der Waals surface area contributed by atoms with E-state index in [0.717, 1.165) is 0 Å². The molecule has 0 aromatic heterocycles. The largest absolute Gasteiger partial charge is 0.482 e. The molecule has 3 rings (SSSR count). The fourth-order valence-electron chi connectivity index (χ4n) is 3.53. The second-order valence-electron chi connectivity index (χ2n) is 7.15. The number of carbonyl (C=O) groups excluding carboxylic acids is 2. The highest BCUT2D eigenvalue weighted by Crippen LogP contribution is 2.45. The number of hydrogen-bond acceptors (Lipinski definition) is 3. The van der Waals surface area contributed by atoms with E-state index >= 15 is 0 Å². The van der Waals surface area contributed by atoms with E-state index < -0.39 is 17.5 Å². The summed E-state index contributed by atoms with van der Waals surface area (Å²) in [6.45, 7) is 3.03. The van der Waals surface area contributed by atoms with Gasteiger partial charge in [0.25, 0.3) is 11.8 Å². The molecule has 0 aliphatic carbocycles. The van der Waals surface area contributed by atoms with Crippen molar-refractivity contribution in [2.24, 2.45) is 11.3 Å². The second-order valence-corrected chi connectivity index (χ2v) is 7.15. The van der Waals surface area contributed by atoms with Crippen LogP contribution < -0.4 is 10.1 Å². The van der Waals surface area contributed by atoms with E-state index in [1.807, 2.05) is 0 Å². The molecule has 5 nitrogen and oxygen atoms in total. The van der Waals surface area contributed by atoms with Crippen molar-refractivity contribution in [1.82, 2.24) is 4.90 Å². The first-order valence-electron chi connectivity index (χ1n) is 8.00. The first kappa shape index (κ1) is 17.6. The molecule has 2 amide bonds. The summed E-state index contributed by atoms with van der Waals surface area (Å²) in [5, 5.41) is 2.63. The van der Waals surface area contributed by atoms with Gasteiger partial charge in [-0.05, 0) is 30.0 Å². The molecule has 1 saturated heterocycles. The number of benzene rings is 1. The first-order chi connectivity index (χ1) is 11.6. The smallest absolute Gasteiger partial charge is 0.392 e. The zero-order chi connectivity index (χ0) is 18.4. The van der Waals surface area contributed by atoms with Crippen LogP contribution in [0.3, 0.4) is 0 Å². The van der Waals surface area contributed by atoms with Crippen molar-refractivity contribution in [2.75, 3.05) is 25.0 Å². The molecule has 25 heavy (non-hydrogen) atoms. The molecule has 136 valence electrons. The maximum absolute atomic E-state index is 13.2. The van der Waals surface area contributed by atoms with Crippen molar-refractivity contribution in [3.8, 4) is 5.75 Å². The number of anilines is 1. The normalized spacial score (nSPS) is 22.7. The zero-order valence-corrected chi connectivity index (χ0v) is 13.9. The summed E-state index contributed by atoms with van der Waals surface area (Å²) in [6, 6.07) is 4.62. The monoisotopic (exact) mass is 356 g/mol. The molecule has 2 aliphatic heterocycles. The average Bonchev–Trinajstić information content (AvgIpc) is 2.51. The molecule has 0 saturated carbocycles. The Morgan fingerprint density at radius 1 is 1.36 bits per heavy atom. The molecule has 0 radical (unpaired) electrons. The van der Waals surface area contributed by atoms with Crippen LogP contribution in [0.5, 0.6) is 5.75 Å². The van der Waals surface area contributed by atoms with Crippen molar-refractivity contribution < 1.29 is 27.5 Å². The third-order valence-corrected chi connectivity index (χ3v) is 4.77. The van der Waals surface area contributed by atoms with E-state index in [1.165, 1.54) is 24.8 Å². The number of piperidine rings is 1. The van der Waals surface area contributed by atoms with Gasteiger partial charge in [-0.25, -0.2) is 0 Å². The summed E-state index contributed by atoms with van der Waals surface area (Å²) in [5.41, 5.74) is -0.245. The molecule has 8 heteroatoms. The number of halogens is 3. The molecule has 2 aliphatic rings. The highest BCUT2D eigenvalue weighted by Gasteiger charge is 2.51. The Balaban J connectivity index is 1.77. The summed E-state index contributed by atoms with van der Waals surface area (Å²) in [6.07, 6.45) is -4.38. The Kier molecular flexibility index (Phi) is 4.17. The van der Waals surface area contributed by atoms with Gasteiger partial charge >= 0.3 is 6.18 Å². The minimum Gasteiger partial charge on any atom is -0.482 e. The summed E-state index contributed by atoms with van der Waals surface area (Å²) < 4.78 is 44.7. The van der Waals surface area contributed by atoms with E-state index in [9.17, 15) is 22.8 Å². The number of carbonyl (C=O) groups is 2. The van der Waals surface area contributed by atoms with Gasteiger partial charge in [0.15, 0.2) is 6.61 Å². The van der Waals surface area contributed by atoms with Gasteiger partial charge in [0.1, 0.15) is 5.75 Å². The Hall–Kier alpha value is -2.25. The fraction of sp³-hybridized carbons (Fsp3) is 0.529. The topological polar surface area (TPSA) is 58.6 Å². The molecular weight excluding hydrogens is 337 g/mol. The quantitative estimate of drug-likeness (QED) is 0.841. The number of hydrogen-bond donors (Lipinski definition) is 1. The molecule has 1 N–H and O–H groups in total. The van der Waals surface area contributed by atoms with Crippen LogP contribution in [0.4, 0.5) is 18.9 Å². The summed E-state index contributed by atoms with van der Waals surface area (Å²) >= 11 is 0. The van der Waals surface area contributed by atoms with Gasteiger partial charge in [-0.2, -0.15) is 13.2 Å². The Morgan fingerprint density at radius 2 is 2.08 bits per heavy atom. The Labute approximate surface area is 143 Å². The van der Waals surface area contributed by atoms with Crippen molar-refractivity contribution >= 4 is 17.5 Å². The summed E-state index contributed by atoms with van der Waals surface area (Å²) in [7, 11) is 0. The molecule has 0 bridgehead atoms. The number of nitrogens with zero attached hydrogens (tertiary/aromatic N) is 1. The SMILES string of the molecule is CC1(C)CN(C(=O)c2ccc3c(c2)OCC(=O)N3)CC[C@H]1C(F)(F)F. The molecular formula is C17H19F3N2O3. The maximum atomic E-state index is 13.2. The van der Waals surface area contributed by atoms with E-state index in [1.54, 1.807) is 12.1 Å². The van der Waals surface area contributed by atoms with Gasteiger partial charge in [-0.1, -0.05) is 13.8 Å². The van der Waals surface area contributed by atoms with Crippen molar-refractivity contribution in [3.63, 3.8) is 0 Å². The molecule has 0 spiro atoms. The van der Waals surface area contributed by atoms with Gasteiger partial charge in [0, 0.05) is 18.7 Å². The highest BCUT2D eigenvalue weighted by atomic mass is 19.4. The van der Waals surface area contributed by atoms with Gasteiger partial charge in [0.05, 0.1) is 11.6 Å².